The first-order valence-corrected chi connectivity index (χ1v) is 5.25. The SMILES string of the molecule is CC=CC1(C=CC)C=CC2=C(C1)OCO2. The summed E-state index contributed by atoms with van der Waals surface area (Å²) in [5, 5.41) is 0. The van der Waals surface area contributed by atoms with Gasteiger partial charge in [-0.25, -0.2) is 0 Å². The maximum atomic E-state index is 5.44. The number of rotatable bonds is 2. The molecule has 15 heavy (non-hydrogen) atoms. The Morgan fingerprint density at radius 2 is 1.93 bits per heavy atom. The summed E-state index contributed by atoms with van der Waals surface area (Å²) in [6.45, 7) is 4.43. The van der Waals surface area contributed by atoms with Crippen LogP contribution in [0.15, 0.2) is 48.0 Å². The zero-order valence-corrected chi connectivity index (χ0v) is 9.19. The molecule has 1 heterocycles. The van der Waals surface area contributed by atoms with Crippen molar-refractivity contribution in [2.24, 2.45) is 5.41 Å². The Labute approximate surface area is 90.6 Å². The molecule has 2 rings (SSSR count). The molecule has 2 heteroatoms. The second kappa shape index (κ2) is 3.97. The van der Waals surface area contributed by atoms with Crippen LogP contribution in [0.2, 0.25) is 0 Å². The van der Waals surface area contributed by atoms with E-state index in [0.29, 0.717) is 6.79 Å². The molecule has 2 aliphatic rings. The van der Waals surface area contributed by atoms with Gasteiger partial charge in [0.1, 0.15) is 5.76 Å². The molecule has 0 saturated carbocycles. The van der Waals surface area contributed by atoms with Crippen LogP contribution in [0, 0.1) is 5.41 Å². The van der Waals surface area contributed by atoms with Crippen LogP contribution < -0.4 is 0 Å². The van der Waals surface area contributed by atoms with Crippen LogP contribution in [0.3, 0.4) is 0 Å². The van der Waals surface area contributed by atoms with Crippen molar-refractivity contribution in [2.45, 2.75) is 20.3 Å². The summed E-state index contributed by atoms with van der Waals surface area (Å²) < 4.78 is 10.8. The van der Waals surface area contributed by atoms with Crippen molar-refractivity contribution in [1.29, 1.82) is 0 Å². The molecule has 0 atom stereocenters. The van der Waals surface area contributed by atoms with Crippen molar-refractivity contribution in [3.8, 4) is 0 Å². The molecule has 0 N–H and O–H groups in total. The molecule has 0 unspecified atom stereocenters. The van der Waals surface area contributed by atoms with Crippen molar-refractivity contribution < 1.29 is 9.47 Å². The summed E-state index contributed by atoms with van der Waals surface area (Å²) in [4.78, 5) is 0. The quantitative estimate of drug-likeness (QED) is 0.642. The maximum Gasteiger partial charge on any atom is 0.230 e. The van der Waals surface area contributed by atoms with Crippen LogP contribution in [-0.2, 0) is 9.47 Å². The lowest BCUT2D eigenvalue weighted by molar-refractivity contribution is 0.0714. The van der Waals surface area contributed by atoms with Gasteiger partial charge in [0.15, 0.2) is 5.76 Å². The third-order valence-corrected chi connectivity index (χ3v) is 2.69. The first-order valence-electron chi connectivity index (χ1n) is 5.25. The van der Waals surface area contributed by atoms with Crippen molar-refractivity contribution in [3.05, 3.63) is 48.0 Å². The third kappa shape index (κ3) is 1.84. The molecule has 1 aliphatic heterocycles. The van der Waals surface area contributed by atoms with Gasteiger partial charge in [-0.15, -0.1) is 0 Å². The zero-order chi connectivity index (χ0) is 10.7. The lowest BCUT2D eigenvalue weighted by Crippen LogP contribution is -2.16. The fraction of sp³-hybridized carbons (Fsp3) is 0.385. The highest BCUT2D eigenvalue weighted by atomic mass is 16.7. The standard InChI is InChI=1S/C13H16O2/c1-3-6-13(7-4-2)8-5-11-12(9-13)15-10-14-11/h3-8H,9-10H2,1-2H3. The lowest BCUT2D eigenvalue weighted by Gasteiger charge is -2.26. The van der Waals surface area contributed by atoms with E-state index in [2.05, 4.69) is 30.4 Å². The Balaban J connectivity index is 2.28. The van der Waals surface area contributed by atoms with Crippen molar-refractivity contribution >= 4 is 0 Å². The summed E-state index contributed by atoms with van der Waals surface area (Å²) in [6, 6.07) is 0. The molecule has 0 fully saturated rings. The normalized spacial score (nSPS) is 29.7. The van der Waals surface area contributed by atoms with E-state index in [0.717, 1.165) is 17.9 Å². The van der Waals surface area contributed by atoms with E-state index in [1.165, 1.54) is 0 Å². The van der Waals surface area contributed by atoms with Crippen molar-refractivity contribution in [1.82, 2.24) is 0 Å². The summed E-state index contributed by atoms with van der Waals surface area (Å²) in [7, 11) is 0. The fourth-order valence-corrected chi connectivity index (χ4v) is 2.07. The van der Waals surface area contributed by atoms with Gasteiger partial charge in [0, 0.05) is 11.8 Å². The molecule has 0 saturated heterocycles. The highest BCUT2D eigenvalue weighted by molar-refractivity contribution is 5.34. The molecule has 80 valence electrons. The number of hydrogen-bond acceptors (Lipinski definition) is 2. The van der Waals surface area contributed by atoms with Crippen LogP contribution in [-0.4, -0.2) is 6.79 Å². The van der Waals surface area contributed by atoms with Gasteiger partial charge in [-0.1, -0.05) is 30.4 Å². The molecule has 0 bridgehead atoms. The van der Waals surface area contributed by atoms with Crippen LogP contribution in [0.5, 0.6) is 0 Å². The van der Waals surface area contributed by atoms with E-state index < -0.39 is 0 Å². The summed E-state index contributed by atoms with van der Waals surface area (Å²) >= 11 is 0. The summed E-state index contributed by atoms with van der Waals surface area (Å²) in [6.07, 6.45) is 13.6. The number of hydrogen-bond donors (Lipinski definition) is 0. The predicted octanol–water partition coefficient (Wildman–Crippen LogP) is 3.30. The Kier molecular flexibility index (Phi) is 2.67. The van der Waals surface area contributed by atoms with E-state index in [4.69, 9.17) is 9.47 Å². The van der Waals surface area contributed by atoms with Crippen LogP contribution in [0.1, 0.15) is 20.3 Å². The highest BCUT2D eigenvalue weighted by Crippen LogP contribution is 2.39. The zero-order valence-electron chi connectivity index (χ0n) is 9.19. The maximum absolute atomic E-state index is 5.44. The van der Waals surface area contributed by atoms with E-state index in [9.17, 15) is 0 Å². The lowest BCUT2D eigenvalue weighted by atomic mass is 9.80. The second-order valence-corrected chi connectivity index (χ2v) is 3.82. The minimum atomic E-state index is -0.0317. The van der Waals surface area contributed by atoms with Gasteiger partial charge >= 0.3 is 0 Å². The van der Waals surface area contributed by atoms with Gasteiger partial charge in [0.2, 0.25) is 6.79 Å². The van der Waals surface area contributed by atoms with Crippen LogP contribution >= 0.6 is 0 Å². The molecule has 1 aliphatic carbocycles. The van der Waals surface area contributed by atoms with Crippen molar-refractivity contribution in [2.75, 3.05) is 6.79 Å². The monoisotopic (exact) mass is 204 g/mol. The molecule has 0 aromatic heterocycles. The van der Waals surface area contributed by atoms with Crippen LogP contribution in [0.4, 0.5) is 0 Å². The van der Waals surface area contributed by atoms with Crippen LogP contribution in [0.25, 0.3) is 0 Å². The molecule has 0 amide bonds. The minimum Gasteiger partial charge on any atom is -0.458 e. The van der Waals surface area contributed by atoms with Gasteiger partial charge in [0.25, 0.3) is 0 Å². The van der Waals surface area contributed by atoms with E-state index in [-0.39, 0.29) is 5.41 Å². The molecule has 0 aromatic carbocycles. The summed E-state index contributed by atoms with van der Waals surface area (Å²) in [5.74, 6) is 1.85. The molecular formula is C13H16O2. The number of ether oxygens (including phenoxy) is 2. The van der Waals surface area contributed by atoms with E-state index in [1.807, 2.05) is 19.9 Å². The third-order valence-electron chi connectivity index (χ3n) is 2.69. The van der Waals surface area contributed by atoms with Gasteiger partial charge in [-0.2, -0.15) is 0 Å². The van der Waals surface area contributed by atoms with Gasteiger partial charge in [-0.3, -0.25) is 0 Å². The molecule has 0 radical (unpaired) electrons. The largest absolute Gasteiger partial charge is 0.458 e. The fourth-order valence-electron chi connectivity index (χ4n) is 2.07. The van der Waals surface area contributed by atoms with E-state index >= 15 is 0 Å². The Bertz CT molecular complexity index is 347. The van der Waals surface area contributed by atoms with Gasteiger partial charge < -0.3 is 9.47 Å². The summed E-state index contributed by atoms with van der Waals surface area (Å²) in [5.41, 5.74) is -0.0317. The number of allylic oxidation sites excluding steroid dienone is 7. The molecule has 2 nitrogen and oxygen atoms in total. The Morgan fingerprint density at radius 1 is 1.20 bits per heavy atom. The highest BCUT2D eigenvalue weighted by Gasteiger charge is 2.31. The minimum absolute atomic E-state index is 0.0317. The first kappa shape index (κ1) is 10.1. The smallest absolute Gasteiger partial charge is 0.230 e. The Morgan fingerprint density at radius 3 is 2.60 bits per heavy atom. The average Bonchev–Trinajstić information content (AvgIpc) is 2.65. The molecular weight excluding hydrogens is 188 g/mol. The molecule has 0 aromatic rings. The van der Waals surface area contributed by atoms with E-state index in [1.54, 1.807) is 0 Å². The topological polar surface area (TPSA) is 18.5 Å². The first-order chi connectivity index (χ1) is 7.29. The second-order valence-electron chi connectivity index (χ2n) is 3.82. The predicted molar refractivity (Wildman–Crippen MR) is 59.9 cm³/mol. The average molecular weight is 204 g/mol. The van der Waals surface area contributed by atoms with Gasteiger partial charge in [0.05, 0.1) is 0 Å². The van der Waals surface area contributed by atoms with Crippen molar-refractivity contribution in [3.63, 3.8) is 0 Å². The Hall–Kier alpha value is -1.44. The molecule has 0 spiro atoms. The van der Waals surface area contributed by atoms with Gasteiger partial charge in [-0.05, 0) is 19.9 Å².